The van der Waals surface area contributed by atoms with Crippen molar-refractivity contribution in [3.63, 3.8) is 0 Å². The molecule has 2 saturated heterocycles. The first-order chi connectivity index (χ1) is 11.7. The number of hydrogen-bond donors (Lipinski definition) is 0. The number of anilines is 1. The third-order valence-corrected chi connectivity index (χ3v) is 5.50. The van der Waals surface area contributed by atoms with Crippen molar-refractivity contribution < 1.29 is 34.7 Å². The Morgan fingerprint density at radius 3 is 2.20 bits per heavy atom. The number of piperazine rings is 1. The molecule has 0 radical (unpaired) electrons. The van der Waals surface area contributed by atoms with E-state index in [-0.39, 0.29) is 36.2 Å². The molecule has 0 N–H and O–H groups in total. The minimum absolute atomic E-state index is 0. The number of rotatable bonds is 4. The number of nitrogens with zero attached hydrogens (tertiary/aromatic N) is 4. The number of nitriles is 1. The molecule has 1 aromatic carbocycles. The van der Waals surface area contributed by atoms with Crippen molar-refractivity contribution in [2.45, 2.75) is 24.8 Å². The van der Waals surface area contributed by atoms with Gasteiger partial charge in [-0.2, -0.15) is 5.26 Å². The average Bonchev–Trinajstić information content (AvgIpc) is 2.64. The summed E-state index contributed by atoms with van der Waals surface area (Å²) in [6.07, 6.45) is 2.58. The quantitative estimate of drug-likeness (QED) is 0.581. The predicted molar refractivity (Wildman–Crippen MR) is 94.0 cm³/mol. The Labute approximate surface area is 173 Å². The smallest absolute Gasteiger partial charge is 0.853 e. The molecule has 2 aliphatic rings. The first-order valence-corrected chi connectivity index (χ1v) is 8.96. The van der Waals surface area contributed by atoms with E-state index in [1.165, 1.54) is 31.6 Å². The number of likely N-dealkylation sites (tertiary alicyclic amines) is 1. The van der Waals surface area contributed by atoms with Crippen molar-refractivity contribution >= 4 is 5.69 Å². The van der Waals surface area contributed by atoms with Gasteiger partial charge in [-0.1, -0.05) is 12.1 Å². The summed E-state index contributed by atoms with van der Waals surface area (Å²) in [6, 6.07) is 10.8. The van der Waals surface area contributed by atoms with Gasteiger partial charge >= 0.3 is 29.6 Å². The van der Waals surface area contributed by atoms with E-state index in [2.05, 4.69) is 39.9 Å². The molecule has 0 amide bonds. The summed E-state index contributed by atoms with van der Waals surface area (Å²) in [5, 5.41) is 20.0. The molecule has 0 aliphatic carbocycles. The fourth-order valence-corrected chi connectivity index (χ4v) is 3.83. The molecule has 0 spiro atoms. The Kier molecular flexibility index (Phi) is 8.21. The van der Waals surface area contributed by atoms with Gasteiger partial charge in [0.15, 0.2) is 0 Å². The average molecular weight is 350 g/mol. The molecule has 25 heavy (non-hydrogen) atoms. The van der Waals surface area contributed by atoms with Crippen LogP contribution in [0.15, 0.2) is 24.3 Å². The largest absolute Gasteiger partial charge is 1.00 e. The second kappa shape index (κ2) is 9.91. The third-order valence-electron chi connectivity index (χ3n) is 5.50. The van der Waals surface area contributed by atoms with Crippen LogP contribution in [-0.2, 0) is 0 Å². The fourth-order valence-electron chi connectivity index (χ4n) is 3.83. The molecule has 0 bridgehead atoms. The normalized spacial score (nSPS) is 21.4. The molecule has 3 rings (SSSR count). The molecule has 0 saturated carbocycles. The first-order valence-electron chi connectivity index (χ1n) is 8.96. The van der Waals surface area contributed by atoms with Crippen molar-refractivity contribution in [2.24, 2.45) is 0 Å². The summed E-state index contributed by atoms with van der Waals surface area (Å²) >= 11 is 0. The topological polar surface area (TPSA) is 56.6 Å². The van der Waals surface area contributed by atoms with Crippen LogP contribution in [0.4, 0.5) is 5.69 Å². The predicted octanol–water partition coefficient (Wildman–Crippen LogP) is -2.13. The Bertz CT molecular complexity index is 558. The molecule has 2 fully saturated rings. The minimum Gasteiger partial charge on any atom is -0.853 e. The van der Waals surface area contributed by atoms with Crippen LogP contribution in [0.25, 0.3) is 0 Å². The maximum absolute atomic E-state index is 11.0. The fraction of sp³-hybridized carbons (Fsp3) is 0.632. The maximum atomic E-state index is 11.0. The van der Waals surface area contributed by atoms with Gasteiger partial charge in [-0.3, -0.25) is 4.90 Å². The maximum Gasteiger partial charge on any atom is 1.00 e. The summed E-state index contributed by atoms with van der Waals surface area (Å²) in [5.74, 6) is -0.527. The molecule has 1 aromatic rings. The number of benzene rings is 1. The van der Waals surface area contributed by atoms with Crippen LogP contribution in [0.1, 0.15) is 24.3 Å². The van der Waals surface area contributed by atoms with E-state index in [0.29, 0.717) is 0 Å². The van der Waals surface area contributed by atoms with E-state index in [1.54, 1.807) is 0 Å². The zero-order chi connectivity index (χ0) is 16.9. The summed E-state index contributed by atoms with van der Waals surface area (Å²) in [4.78, 5) is 7.49. The van der Waals surface area contributed by atoms with Crippen molar-refractivity contribution in [3.05, 3.63) is 29.8 Å². The SMILES string of the molecule is CN1CCC(N2CCN(c3ccc(C(C#N)C[O-])cc3)CC2)CC1.[Na+]. The second-order valence-corrected chi connectivity index (χ2v) is 7.00. The molecule has 2 heterocycles. The number of piperidine rings is 1. The first kappa shape index (κ1) is 20.7. The van der Waals surface area contributed by atoms with Crippen LogP contribution < -0.4 is 39.6 Å². The third kappa shape index (κ3) is 5.19. The molecule has 2 aliphatic heterocycles. The van der Waals surface area contributed by atoms with Crippen molar-refractivity contribution in [2.75, 3.05) is 57.8 Å². The standard InChI is InChI=1S/C19H27N4O.Na/c1-21-8-6-19(7-9-21)23-12-10-22(11-13-23)18-4-2-16(3-5-18)17(14-20)15-24;/h2-5,17,19H,6-13,15H2,1H3;/q-1;+1. The second-order valence-electron chi connectivity index (χ2n) is 7.00. The zero-order valence-electron chi connectivity index (χ0n) is 15.5. The molecular formula is C19H27N4NaO. The van der Waals surface area contributed by atoms with Gasteiger partial charge in [0.2, 0.25) is 0 Å². The van der Waals surface area contributed by atoms with Crippen molar-refractivity contribution in [1.82, 2.24) is 9.80 Å². The van der Waals surface area contributed by atoms with Gasteiger partial charge in [0.05, 0.1) is 12.0 Å². The Morgan fingerprint density at radius 1 is 1.08 bits per heavy atom. The van der Waals surface area contributed by atoms with E-state index in [1.807, 2.05) is 12.1 Å². The summed E-state index contributed by atoms with van der Waals surface area (Å²) in [6.45, 7) is 6.40. The summed E-state index contributed by atoms with van der Waals surface area (Å²) in [7, 11) is 2.21. The van der Waals surface area contributed by atoms with E-state index < -0.39 is 5.92 Å². The van der Waals surface area contributed by atoms with Crippen molar-refractivity contribution in [3.8, 4) is 6.07 Å². The molecule has 5 nitrogen and oxygen atoms in total. The van der Waals surface area contributed by atoms with E-state index in [0.717, 1.165) is 37.8 Å². The number of hydrogen-bond acceptors (Lipinski definition) is 5. The molecule has 1 unspecified atom stereocenters. The van der Waals surface area contributed by atoms with Crippen molar-refractivity contribution in [1.29, 1.82) is 5.26 Å². The van der Waals surface area contributed by atoms with Gasteiger partial charge < -0.3 is 14.9 Å². The summed E-state index contributed by atoms with van der Waals surface area (Å²) in [5.41, 5.74) is 2.03. The molecule has 6 heteroatoms. The van der Waals surface area contributed by atoms with Gasteiger partial charge in [-0.05, 0) is 50.7 Å². The monoisotopic (exact) mass is 350 g/mol. The van der Waals surface area contributed by atoms with Gasteiger partial charge in [0.1, 0.15) is 0 Å². The van der Waals surface area contributed by atoms with Crippen LogP contribution >= 0.6 is 0 Å². The minimum atomic E-state index is -0.527. The van der Waals surface area contributed by atoms with Crippen LogP contribution in [0, 0.1) is 11.3 Å². The molecule has 1 atom stereocenters. The van der Waals surface area contributed by atoms with Gasteiger partial charge in [0, 0.05) is 37.9 Å². The van der Waals surface area contributed by atoms with E-state index in [4.69, 9.17) is 5.26 Å². The van der Waals surface area contributed by atoms with Gasteiger partial charge in [-0.15, -0.1) is 6.61 Å². The Morgan fingerprint density at radius 2 is 1.68 bits per heavy atom. The van der Waals surface area contributed by atoms with Crippen LogP contribution in [0.3, 0.4) is 0 Å². The Balaban J connectivity index is 0.00000225. The zero-order valence-corrected chi connectivity index (χ0v) is 17.5. The van der Waals surface area contributed by atoms with Gasteiger partial charge in [-0.25, -0.2) is 0 Å². The molecule has 130 valence electrons. The molecule has 0 aromatic heterocycles. The van der Waals surface area contributed by atoms with Crippen LogP contribution in [0.5, 0.6) is 0 Å². The molecular weight excluding hydrogens is 323 g/mol. The van der Waals surface area contributed by atoms with E-state index >= 15 is 0 Å². The van der Waals surface area contributed by atoms with Crippen LogP contribution in [0.2, 0.25) is 0 Å². The van der Waals surface area contributed by atoms with E-state index in [9.17, 15) is 5.11 Å². The summed E-state index contributed by atoms with van der Waals surface area (Å²) < 4.78 is 0. The Hall–Kier alpha value is -0.610. The van der Waals surface area contributed by atoms with Crippen LogP contribution in [-0.4, -0.2) is 68.8 Å². The van der Waals surface area contributed by atoms with Gasteiger partial charge in [0.25, 0.3) is 0 Å².